The molecule has 1 fully saturated rings. The quantitative estimate of drug-likeness (QED) is 0.770. The number of aromatic nitrogens is 1. The fourth-order valence-corrected chi connectivity index (χ4v) is 3.40. The van der Waals surface area contributed by atoms with E-state index in [-0.39, 0.29) is 5.91 Å². The SMILES string of the molecule is O=C(NC1CCCCC1)c1ccc2noc(-c3ccccc3)c2c1. The van der Waals surface area contributed by atoms with Crippen molar-refractivity contribution in [2.75, 3.05) is 0 Å². The van der Waals surface area contributed by atoms with Crippen molar-refractivity contribution in [3.8, 4) is 11.3 Å². The summed E-state index contributed by atoms with van der Waals surface area (Å²) in [5.74, 6) is 0.696. The molecular formula is C20H20N2O2. The van der Waals surface area contributed by atoms with Crippen LogP contribution in [-0.4, -0.2) is 17.1 Å². The van der Waals surface area contributed by atoms with Gasteiger partial charge in [-0.1, -0.05) is 54.8 Å². The van der Waals surface area contributed by atoms with E-state index in [1.165, 1.54) is 19.3 Å². The van der Waals surface area contributed by atoms with Crippen LogP contribution in [0.4, 0.5) is 0 Å². The van der Waals surface area contributed by atoms with Crippen LogP contribution in [0.15, 0.2) is 53.1 Å². The zero-order chi connectivity index (χ0) is 16.4. The van der Waals surface area contributed by atoms with Crippen molar-refractivity contribution in [3.05, 3.63) is 54.1 Å². The monoisotopic (exact) mass is 320 g/mol. The van der Waals surface area contributed by atoms with Crippen molar-refractivity contribution in [3.63, 3.8) is 0 Å². The third-order valence-corrected chi connectivity index (χ3v) is 4.72. The molecule has 0 saturated heterocycles. The molecule has 4 heteroatoms. The Labute approximate surface area is 140 Å². The van der Waals surface area contributed by atoms with Gasteiger partial charge in [0.1, 0.15) is 5.52 Å². The second kappa shape index (κ2) is 6.48. The number of fused-ring (bicyclic) bond motifs is 1. The topological polar surface area (TPSA) is 55.1 Å². The van der Waals surface area contributed by atoms with Crippen LogP contribution in [-0.2, 0) is 0 Å². The fraction of sp³-hybridized carbons (Fsp3) is 0.300. The van der Waals surface area contributed by atoms with Crippen LogP contribution in [0.2, 0.25) is 0 Å². The van der Waals surface area contributed by atoms with Crippen molar-refractivity contribution in [1.82, 2.24) is 10.5 Å². The molecule has 0 unspecified atom stereocenters. The van der Waals surface area contributed by atoms with Crippen molar-refractivity contribution in [1.29, 1.82) is 0 Å². The summed E-state index contributed by atoms with van der Waals surface area (Å²) >= 11 is 0. The fourth-order valence-electron chi connectivity index (χ4n) is 3.40. The minimum Gasteiger partial charge on any atom is -0.355 e. The van der Waals surface area contributed by atoms with Gasteiger partial charge in [-0.05, 0) is 31.0 Å². The van der Waals surface area contributed by atoms with E-state index in [1.807, 2.05) is 48.5 Å². The number of hydrogen-bond acceptors (Lipinski definition) is 3. The maximum Gasteiger partial charge on any atom is 0.251 e. The molecule has 0 spiro atoms. The van der Waals surface area contributed by atoms with Crippen LogP contribution in [0.1, 0.15) is 42.5 Å². The van der Waals surface area contributed by atoms with E-state index in [4.69, 9.17) is 4.52 Å². The molecule has 2 aromatic carbocycles. The molecule has 1 N–H and O–H groups in total. The number of hydrogen-bond donors (Lipinski definition) is 1. The predicted molar refractivity (Wildman–Crippen MR) is 93.8 cm³/mol. The number of rotatable bonds is 3. The molecule has 1 aromatic heterocycles. The summed E-state index contributed by atoms with van der Waals surface area (Å²) in [5, 5.41) is 8.14. The second-order valence-corrected chi connectivity index (χ2v) is 6.42. The van der Waals surface area contributed by atoms with E-state index in [0.717, 1.165) is 29.3 Å². The molecule has 1 aliphatic rings. The zero-order valence-electron chi connectivity index (χ0n) is 13.5. The first-order valence-electron chi connectivity index (χ1n) is 8.57. The molecule has 0 atom stereocenters. The molecule has 122 valence electrons. The molecular weight excluding hydrogens is 300 g/mol. The number of carbonyl (C=O) groups is 1. The molecule has 4 rings (SSSR count). The lowest BCUT2D eigenvalue weighted by Crippen LogP contribution is -2.36. The highest BCUT2D eigenvalue weighted by Crippen LogP contribution is 2.29. The second-order valence-electron chi connectivity index (χ2n) is 6.42. The van der Waals surface area contributed by atoms with Gasteiger partial charge < -0.3 is 9.84 Å². The van der Waals surface area contributed by atoms with Crippen LogP contribution in [0.5, 0.6) is 0 Å². The average molecular weight is 320 g/mol. The summed E-state index contributed by atoms with van der Waals surface area (Å²) in [7, 11) is 0. The molecule has 1 aliphatic carbocycles. The Morgan fingerprint density at radius 2 is 1.83 bits per heavy atom. The Balaban J connectivity index is 1.63. The van der Waals surface area contributed by atoms with E-state index < -0.39 is 0 Å². The van der Waals surface area contributed by atoms with Gasteiger partial charge in [-0.15, -0.1) is 0 Å². The molecule has 1 heterocycles. The highest BCUT2D eigenvalue weighted by atomic mass is 16.5. The lowest BCUT2D eigenvalue weighted by molar-refractivity contribution is 0.0928. The maximum atomic E-state index is 12.6. The average Bonchev–Trinajstić information content (AvgIpc) is 3.06. The van der Waals surface area contributed by atoms with E-state index in [9.17, 15) is 4.79 Å². The van der Waals surface area contributed by atoms with Gasteiger partial charge in [-0.2, -0.15) is 0 Å². The minimum absolute atomic E-state index is 0.0102. The third-order valence-electron chi connectivity index (χ3n) is 4.72. The summed E-state index contributed by atoms with van der Waals surface area (Å²) in [6, 6.07) is 15.7. The molecule has 0 bridgehead atoms. The Kier molecular flexibility index (Phi) is 4.03. The normalized spacial score (nSPS) is 15.5. The Hall–Kier alpha value is -2.62. The molecule has 0 aliphatic heterocycles. The van der Waals surface area contributed by atoms with Gasteiger partial charge >= 0.3 is 0 Å². The summed E-state index contributed by atoms with van der Waals surface area (Å²) in [6.07, 6.45) is 5.84. The molecule has 0 radical (unpaired) electrons. The number of nitrogens with one attached hydrogen (secondary N) is 1. The first-order chi connectivity index (χ1) is 11.8. The van der Waals surface area contributed by atoms with Gasteiger partial charge in [0.15, 0.2) is 5.76 Å². The Morgan fingerprint density at radius 1 is 1.04 bits per heavy atom. The highest BCUT2D eigenvalue weighted by molar-refractivity contribution is 6.01. The lowest BCUT2D eigenvalue weighted by Gasteiger charge is -2.22. The van der Waals surface area contributed by atoms with Crippen LogP contribution >= 0.6 is 0 Å². The highest BCUT2D eigenvalue weighted by Gasteiger charge is 2.18. The number of carbonyl (C=O) groups excluding carboxylic acids is 1. The summed E-state index contributed by atoms with van der Waals surface area (Å²) in [5.41, 5.74) is 2.39. The minimum atomic E-state index is -0.0102. The van der Waals surface area contributed by atoms with Crippen molar-refractivity contribution in [2.24, 2.45) is 0 Å². The van der Waals surface area contributed by atoms with Crippen molar-refractivity contribution in [2.45, 2.75) is 38.1 Å². The van der Waals surface area contributed by atoms with E-state index in [0.29, 0.717) is 17.4 Å². The smallest absolute Gasteiger partial charge is 0.251 e. The zero-order valence-corrected chi connectivity index (χ0v) is 13.5. The third kappa shape index (κ3) is 2.92. The molecule has 1 saturated carbocycles. The number of nitrogens with zero attached hydrogens (tertiary/aromatic N) is 1. The maximum absolute atomic E-state index is 12.6. The van der Waals surface area contributed by atoms with E-state index in [2.05, 4.69) is 10.5 Å². The molecule has 4 nitrogen and oxygen atoms in total. The van der Waals surface area contributed by atoms with Crippen LogP contribution < -0.4 is 5.32 Å². The first kappa shape index (κ1) is 14.9. The number of amides is 1. The van der Waals surface area contributed by atoms with E-state index >= 15 is 0 Å². The van der Waals surface area contributed by atoms with Crippen molar-refractivity contribution < 1.29 is 9.32 Å². The summed E-state index contributed by atoms with van der Waals surface area (Å²) in [4.78, 5) is 12.6. The molecule has 24 heavy (non-hydrogen) atoms. The molecule has 1 amide bonds. The lowest BCUT2D eigenvalue weighted by atomic mass is 9.95. The Bertz CT molecular complexity index is 848. The van der Waals surface area contributed by atoms with Crippen LogP contribution in [0, 0.1) is 0 Å². The van der Waals surface area contributed by atoms with Gasteiger partial charge in [0.05, 0.1) is 5.39 Å². The summed E-state index contributed by atoms with van der Waals surface area (Å²) < 4.78 is 5.50. The summed E-state index contributed by atoms with van der Waals surface area (Å²) in [6.45, 7) is 0. The van der Waals surface area contributed by atoms with Gasteiger partial charge in [0.25, 0.3) is 5.91 Å². The van der Waals surface area contributed by atoms with Gasteiger partial charge in [-0.3, -0.25) is 4.79 Å². The first-order valence-corrected chi connectivity index (χ1v) is 8.57. The number of benzene rings is 2. The van der Waals surface area contributed by atoms with Gasteiger partial charge in [0, 0.05) is 17.2 Å². The van der Waals surface area contributed by atoms with Crippen LogP contribution in [0.25, 0.3) is 22.2 Å². The van der Waals surface area contributed by atoms with Gasteiger partial charge in [-0.25, -0.2) is 0 Å². The van der Waals surface area contributed by atoms with Crippen LogP contribution in [0.3, 0.4) is 0 Å². The Morgan fingerprint density at radius 3 is 2.62 bits per heavy atom. The van der Waals surface area contributed by atoms with Crippen molar-refractivity contribution >= 4 is 16.8 Å². The molecule has 3 aromatic rings. The van der Waals surface area contributed by atoms with Gasteiger partial charge in [0.2, 0.25) is 0 Å². The predicted octanol–water partition coefficient (Wildman–Crippen LogP) is 4.56. The van der Waals surface area contributed by atoms with E-state index in [1.54, 1.807) is 0 Å². The largest absolute Gasteiger partial charge is 0.355 e. The standard InChI is InChI=1S/C20H20N2O2/c23-20(21-16-9-5-2-6-10-16)15-11-12-18-17(13-15)19(24-22-18)14-7-3-1-4-8-14/h1,3-4,7-8,11-13,16H,2,5-6,9-10H2,(H,21,23).